The number of thiophene rings is 1. The highest BCUT2D eigenvalue weighted by Gasteiger charge is 2.16. The normalized spacial score (nSPS) is 10.6. The van der Waals surface area contributed by atoms with Crippen molar-refractivity contribution in [1.29, 1.82) is 0 Å². The number of hydrogen-bond acceptors (Lipinski definition) is 2. The highest BCUT2D eigenvalue weighted by atomic mass is 79.9. The van der Waals surface area contributed by atoms with Crippen LogP contribution in [0.25, 0.3) is 0 Å². The standard InChI is InChI=1S/C13H10BrClOS/c1-7-4-3-5-9(11(7)15)12(16)10-6-8(2)13(14)17-10/h3-6H,1-2H3. The van der Waals surface area contributed by atoms with Gasteiger partial charge in [0.15, 0.2) is 0 Å². The number of carbonyl (C=O) groups is 1. The number of hydrogen-bond donors (Lipinski definition) is 0. The Morgan fingerprint density at radius 2 is 2.00 bits per heavy atom. The Kier molecular flexibility index (Phi) is 3.71. The first-order valence-corrected chi connectivity index (χ1v) is 7.05. The second kappa shape index (κ2) is 4.92. The van der Waals surface area contributed by atoms with E-state index in [0.717, 1.165) is 14.9 Å². The van der Waals surface area contributed by atoms with Gasteiger partial charge in [0.05, 0.1) is 13.7 Å². The van der Waals surface area contributed by atoms with Crippen LogP contribution in [0.4, 0.5) is 0 Å². The zero-order valence-corrected chi connectivity index (χ0v) is 12.5. The van der Waals surface area contributed by atoms with Gasteiger partial charge in [-0.15, -0.1) is 11.3 Å². The fraction of sp³-hybridized carbons (Fsp3) is 0.154. The molecule has 88 valence electrons. The van der Waals surface area contributed by atoms with E-state index in [9.17, 15) is 4.79 Å². The van der Waals surface area contributed by atoms with Crippen LogP contribution in [0, 0.1) is 13.8 Å². The molecule has 0 aliphatic rings. The third-order valence-electron chi connectivity index (χ3n) is 2.52. The van der Waals surface area contributed by atoms with Gasteiger partial charge in [-0.1, -0.05) is 23.7 Å². The lowest BCUT2D eigenvalue weighted by molar-refractivity contribution is 0.104. The molecule has 0 aliphatic heterocycles. The molecule has 0 bridgehead atoms. The topological polar surface area (TPSA) is 17.1 Å². The SMILES string of the molecule is Cc1cc(C(=O)c2cccc(C)c2Cl)sc1Br. The molecular formula is C13H10BrClOS. The summed E-state index contributed by atoms with van der Waals surface area (Å²) in [6, 6.07) is 7.40. The predicted molar refractivity (Wildman–Crippen MR) is 76.4 cm³/mol. The second-order valence-electron chi connectivity index (χ2n) is 3.83. The number of rotatable bonds is 2. The van der Waals surface area contributed by atoms with E-state index in [4.69, 9.17) is 11.6 Å². The summed E-state index contributed by atoms with van der Waals surface area (Å²) in [7, 11) is 0. The lowest BCUT2D eigenvalue weighted by Crippen LogP contribution is -2.00. The Hall–Kier alpha value is -0.640. The second-order valence-corrected chi connectivity index (χ2v) is 6.58. The first-order chi connectivity index (χ1) is 8.00. The van der Waals surface area contributed by atoms with Crippen molar-refractivity contribution >= 4 is 44.7 Å². The molecule has 0 radical (unpaired) electrons. The molecule has 2 rings (SSSR count). The molecule has 0 spiro atoms. The molecule has 0 saturated carbocycles. The van der Waals surface area contributed by atoms with Crippen LogP contribution in [0.1, 0.15) is 26.4 Å². The molecule has 0 aliphatic carbocycles. The molecule has 1 aromatic heterocycles. The van der Waals surface area contributed by atoms with Gasteiger partial charge in [0.25, 0.3) is 0 Å². The monoisotopic (exact) mass is 328 g/mol. The lowest BCUT2D eigenvalue weighted by Gasteiger charge is -2.03. The average Bonchev–Trinajstić information content (AvgIpc) is 2.62. The maximum atomic E-state index is 12.3. The van der Waals surface area contributed by atoms with Gasteiger partial charge in [-0.2, -0.15) is 0 Å². The Morgan fingerprint density at radius 3 is 2.59 bits per heavy atom. The van der Waals surface area contributed by atoms with E-state index >= 15 is 0 Å². The molecule has 1 nitrogen and oxygen atoms in total. The van der Waals surface area contributed by atoms with Crippen molar-refractivity contribution in [3.63, 3.8) is 0 Å². The average molecular weight is 330 g/mol. The van der Waals surface area contributed by atoms with Gasteiger partial charge in [-0.3, -0.25) is 4.79 Å². The maximum Gasteiger partial charge on any atom is 0.204 e. The van der Waals surface area contributed by atoms with Gasteiger partial charge in [0, 0.05) is 5.56 Å². The summed E-state index contributed by atoms with van der Waals surface area (Å²) in [6.45, 7) is 3.86. The fourth-order valence-corrected chi connectivity index (χ4v) is 3.23. The van der Waals surface area contributed by atoms with Crippen molar-refractivity contribution in [2.24, 2.45) is 0 Å². The summed E-state index contributed by atoms with van der Waals surface area (Å²) < 4.78 is 0.990. The number of aryl methyl sites for hydroxylation is 2. The lowest BCUT2D eigenvalue weighted by atomic mass is 10.1. The van der Waals surface area contributed by atoms with Crippen molar-refractivity contribution in [2.75, 3.05) is 0 Å². The fourth-order valence-electron chi connectivity index (χ4n) is 1.53. The van der Waals surface area contributed by atoms with Crippen molar-refractivity contribution in [3.8, 4) is 0 Å². The van der Waals surface area contributed by atoms with Crippen LogP contribution in [0.15, 0.2) is 28.1 Å². The van der Waals surface area contributed by atoms with E-state index in [1.807, 2.05) is 32.0 Å². The zero-order valence-electron chi connectivity index (χ0n) is 9.38. The van der Waals surface area contributed by atoms with Crippen LogP contribution in [0.2, 0.25) is 5.02 Å². The van der Waals surface area contributed by atoms with Gasteiger partial charge in [0.2, 0.25) is 5.78 Å². The van der Waals surface area contributed by atoms with E-state index < -0.39 is 0 Å². The van der Waals surface area contributed by atoms with E-state index in [0.29, 0.717) is 15.5 Å². The molecule has 0 atom stereocenters. The molecule has 2 aromatic rings. The Labute approximate surface area is 118 Å². The van der Waals surface area contributed by atoms with E-state index in [-0.39, 0.29) is 5.78 Å². The Morgan fingerprint density at radius 1 is 1.29 bits per heavy atom. The first-order valence-electron chi connectivity index (χ1n) is 5.06. The van der Waals surface area contributed by atoms with Gasteiger partial charge in [-0.25, -0.2) is 0 Å². The number of halogens is 2. The molecule has 0 fully saturated rings. The van der Waals surface area contributed by atoms with Gasteiger partial charge in [0.1, 0.15) is 0 Å². The van der Waals surface area contributed by atoms with E-state index in [1.54, 1.807) is 6.07 Å². The minimum atomic E-state index is -0.0162. The Balaban J connectivity index is 2.47. The van der Waals surface area contributed by atoms with Crippen LogP contribution < -0.4 is 0 Å². The first kappa shape index (κ1) is 12.8. The number of ketones is 1. The molecule has 1 aromatic carbocycles. The third-order valence-corrected chi connectivity index (χ3v) is 5.15. The molecule has 0 N–H and O–H groups in total. The van der Waals surface area contributed by atoms with E-state index in [1.165, 1.54) is 11.3 Å². The predicted octanol–water partition coefficient (Wildman–Crippen LogP) is 5.01. The molecule has 4 heteroatoms. The van der Waals surface area contributed by atoms with Crippen LogP contribution in [-0.2, 0) is 0 Å². The molecule has 0 unspecified atom stereocenters. The van der Waals surface area contributed by atoms with E-state index in [2.05, 4.69) is 15.9 Å². The van der Waals surface area contributed by atoms with Crippen molar-refractivity contribution in [3.05, 3.63) is 54.6 Å². The van der Waals surface area contributed by atoms with Crippen LogP contribution >= 0.6 is 38.9 Å². The molecule has 1 heterocycles. The van der Waals surface area contributed by atoms with Crippen LogP contribution in [0.5, 0.6) is 0 Å². The van der Waals surface area contributed by atoms with Gasteiger partial charge < -0.3 is 0 Å². The van der Waals surface area contributed by atoms with Crippen molar-refractivity contribution in [1.82, 2.24) is 0 Å². The zero-order chi connectivity index (χ0) is 12.6. The quantitative estimate of drug-likeness (QED) is 0.708. The minimum Gasteiger partial charge on any atom is -0.288 e. The molecule has 0 saturated heterocycles. The van der Waals surface area contributed by atoms with Crippen molar-refractivity contribution in [2.45, 2.75) is 13.8 Å². The highest BCUT2D eigenvalue weighted by Crippen LogP contribution is 2.31. The summed E-state index contributed by atoms with van der Waals surface area (Å²) >= 11 is 11.0. The summed E-state index contributed by atoms with van der Waals surface area (Å²) in [5, 5.41) is 0.541. The smallest absolute Gasteiger partial charge is 0.204 e. The highest BCUT2D eigenvalue weighted by molar-refractivity contribution is 9.11. The molecular weight excluding hydrogens is 320 g/mol. The summed E-state index contributed by atoms with van der Waals surface area (Å²) in [5.74, 6) is -0.0162. The van der Waals surface area contributed by atoms with Crippen molar-refractivity contribution < 1.29 is 4.79 Å². The minimum absolute atomic E-state index is 0.0162. The third kappa shape index (κ3) is 2.46. The Bertz CT molecular complexity index is 570. The van der Waals surface area contributed by atoms with Gasteiger partial charge in [-0.05, 0) is 53.0 Å². The molecule has 0 amide bonds. The molecule has 17 heavy (non-hydrogen) atoms. The van der Waals surface area contributed by atoms with Crippen LogP contribution in [0.3, 0.4) is 0 Å². The largest absolute Gasteiger partial charge is 0.288 e. The number of carbonyl (C=O) groups excluding carboxylic acids is 1. The number of benzene rings is 1. The summed E-state index contributed by atoms with van der Waals surface area (Å²) in [4.78, 5) is 13.0. The maximum absolute atomic E-state index is 12.3. The van der Waals surface area contributed by atoms with Gasteiger partial charge >= 0.3 is 0 Å². The summed E-state index contributed by atoms with van der Waals surface area (Å²) in [5.41, 5.74) is 2.56. The summed E-state index contributed by atoms with van der Waals surface area (Å²) in [6.07, 6.45) is 0. The van der Waals surface area contributed by atoms with Crippen LogP contribution in [-0.4, -0.2) is 5.78 Å².